The number of phosphoric acid groups is 1. The molecule has 0 aliphatic carbocycles. The third-order valence-corrected chi connectivity index (χ3v) is 8.16. The first-order valence-corrected chi connectivity index (χ1v) is 14.8. The van der Waals surface area contributed by atoms with Crippen LogP contribution in [-0.2, 0) is 13.8 Å². The van der Waals surface area contributed by atoms with Crippen LogP contribution in [0.3, 0.4) is 0 Å². The van der Waals surface area contributed by atoms with E-state index in [4.69, 9.17) is 25.4 Å². The average Bonchev–Trinajstić information content (AvgIpc) is 3.24. The zero-order chi connectivity index (χ0) is 31.7. The summed E-state index contributed by atoms with van der Waals surface area (Å²) in [6, 6.07) is 20.4. The lowest BCUT2D eigenvalue weighted by molar-refractivity contribution is -0.106. The fraction of sp³-hybridized carbons (Fsp3) is 0.172. The number of Topliss-reactive ketones (excluding diaryl/α,β-unsaturated/α-hetero) is 2. The number of aliphatic hydroxyl groups is 2. The standard InChI is InChI=1S/C29H24ClN2O11P/c30-20-11-13-21(14-12-20)43-44(39,40)41-17-22-28(37,24(34)18-7-3-1-4-8-18)29(38,25(35)19-9-5-2-6-10-19)26(42-22)32-16-15-23(33)31-27(32)36/h1-16,22,26,37-38H,17H2,(H,39,40)(H,31,33,36)/t22-,26-,28+,29+/m1/s1. The van der Waals surface area contributed by atoms with Crippen LogP contribution in [0.5, 0.6) is 5.75 Å². The van der Waals surface area contributed by atoms with Gasteiger partial charge in [-0.1, -0.05) is 72.3 Å². The SMILES string of the molecule is O=C(c1ccccc1)[C@@]1(O)[C@@H](COP(=O)(O)Oc2ccc(Cl)cc2)O[C@@H](n2ccc(=O)[nH]c2=O)[C@@]1(O)C(=O)c1ccccc1. The molecule has 0 amide bonds. The first-order valence-electron chi connectivity index (χ1n) is 12.9. The van der Waals surface area contributed by atoms with Gasteiger partial charge in [-0.2, -0.15) is 0 Å². The van der Waals surface area contributed by atoms with E-state index in [1.165, 1.54) is 72.8 Å². The van der Waals surface area contributed by atoms with E-state index < -0.39 is 60.8 Å². The molecule has 2 heterocycles. The molecule has 0 bridgehead atoms. The minimum Gasteiger partial charge on any atom is -0.404 e. The Morgan fingerprint density at radius 2 is 1.43 bits per heavy atom. The molecule has 1 fully saturated rings. The van der Waals surface area contributed by atoms with E-state index in [9.17, 15) is 38.8 Å². The van der Waals surface area contributed by atoms with Gasteiger partial charge in [-0.15, -0.1) is 0 Å². The summed E-state index contributed by atoms with van der Waals surface area (Å²) in [5.74, 6) is -2.58. The smallest absolute Gasteiger partial charge is 0.404 e. The number of hydrogen-bond donors (Lipinski definition) is 4. The molecule has 5 rings (SSSR count). The van der Waals surface area contributed by atoms with E-state index in [1.54, 1.807) is 12.1 Å². The second kappa shape index (κ2) is 12.1. The van der Waals surface area contributed by atoms with E-state index >= 15 is 0 Å². The molecule has 3 aromatic carbocycles. The van der Waals surface area contributed by atoms with Gasteiger partial charge in [0, 0.05) is 28.4 Å². The molecule has 0 spiro atoms. The van der Waals surface area contributed by atoms with Crippen LogP contribution < -0.4 is 15.8 Å². The molecule has 4 aromatic rings. The van der Waals surface area contributed by atoms with Crippen molar-refractivity contribution in [2.45, 2.75) is 23.5 Å². The topological polar surface area (TPSA) is 194 Å². The number of carbonyl (C=O) groups is 2. The number of hydrogen-bond acceptors (Lipinski definition) is 10. The van der Waals surface area contributed by atoms with Crippen molar-refractivity contribution in [2.24, 2.45) is 0 Å². The van der Waals surface area contributed by atoms with E-state index in [2.05, 4.69) is 0 Å². The Balaban J connectivity index is 1.63. The van der Waals surface area contributed by atoms with Crippen LogP contribution in [-0.4, -0.2) is 60.1 Å². The third kappa shape index (κ3) is 5.70. The summed E-state index contributed by atoms with van der Waals surface area (Å²) >= 11 is 5.83. The predicted octanol–water partition coefficient (Wildman–Crippen LogP) is 2.51. The van der Waals surface area contributed by atoms with Crippen molar-refractivity contribution >= 4 is 31.0 Å². The van der Waals surface area contributed by atoms with Gasteiger partial charge < -0.3 is 19.5 Å². The molecule has 13 nitrogen and oxygen atoms in total. The molecule has 0 saturated carbocycles. The predicted molar refractivity (Wildman–Crippen MR) is 155 cm³/mol. The Hall–Kier alpha value is -4.20. The number of H-pyrrole nitrogens is 1. The summed E-state index contributed by atoms with van der Waals surface area (Å²) in [5, 5.41) is 24.9. The molecule has 5 atom stereocenters. The zero-order valence-electron chi connectivity index (χ0n) is 22.5. The van der Waals surface area contributed by atoms with Crippen LogP contribution >= 0.6 is 19.4 Å². The van der Waals surface area contributed by atoms with Gasteiger partial charge in [0.1, 0.15) is 11.9 Å². The number of nitrogens with one attached hydrogen (secondary N) is 1. The van der Waals surface area contributed by atoms with Gasteiger partial charge in [0.25, 0.3) is 5.56 Å². The monoisotopic (exact) mass is 642 g/mol. The fourth-order valence-corrected chi connectivity index (χ4v) is 5.76. The maximum Gasteiger partial charge on any atom is 0.527 e. The van der Waals surface area contributed by atoms with Gasteiger partial charge in [0.05, 0.1) is 6.61 Å². The molecule has 4 N–H and O–H groups in total. The van der Waals surface area contributed by atoms with Crippen LogP contribution in [0.2, 0.25) is 5.02 Å². The number of benzene rings is 3. The molecule has 1 saturated heterocycles. The quantitative estimate of drug-likeness (QED) is 0.147. The molecule has 1 aromatic heterocycles. The highest BCUT2D eigenvalue weighted by Gasteiger charge is 2.74. The Morgan fingerprint density at radius 1 is 0.886 bits per heavy atom. The second-order valence-electron chi connectivity index (χ2n) is 9.73. The van der Waals surface area contributed by atoms with Crippen LogP contribution in [0.1, 0.15) is 26.9 Å². The lowest BCUT2D eigenvalue weighted by Gasteiger charge is -2.38. The number of carbonyl (C=O) groups excluding carboxylic acids is 2. The second-order valence-corrected chi connectivity index (χ2v) is 11.5. The van der Waals surface area contributed by atoms with Crippen LogP contribution in [0.4, 0.5) is 0 Å². The van der Waals surface area contributed by atoms with E-state index in [0.717, 1.165) is 12.3 Å². The Kier molecular flexibility index (Phi) is 8.56. The van der Waals surface area contributed by atoms with E-state index in [-0.39, 0.29) is 16.9 Å². The lowest BCUT2D eigenvalue weighted by Crippen LogP contribution is -2.67. The number of phosphoric ester groups is 1. The average molecular weight is 643 g/mol. The van der Waals surface area contributed by atoms with Crippen molar-refractivity contribution in [3.63, 3.8) is 0 Å². The Bertz CT molecular complexity index is 1850. The first-order chi connectivity index (χ1) is 20.9. The van der Waals surface area contributed by atoms with Crippen molar-refractivity contribution in [2.75, 3.05) is 6.61 Å². The zero-order valence-corrected chi connectivity index (χ0v) is 24.1. The summed E-state index contributed by atoms with van der Waals surface area (Å²) in [6.07, 6.45) is -3.32. The Labute approximate surface area is 253 Å². The molecule has 1 unspecified atom stereocenters. The van der Waals surface area contributed by atoms with Crippen molar-refractivity contribution in [1.29, 1.82) is 0 Å². The van der Waals surface area contributed by atoms with Gasteiger partial charge in [0.15, 0.2) is 11.8 Å². The van der Waals surface area contributed by atoms with Crippen LogP contribution in [0.25, 0.3) is 0 Å². The number of aromatic amines is 1. The molecule has 1 aliphatic rings. The number of rotatable bonds is 10. The summed E-state index contributed by atoms with van der Waals surface area (Å²) in [7, 11) is -5.00. The highest BCUT2D eigenvalue weighted by Crippen LogP contribution is 2.51. The number of ether oxygens (including phenoxy) is 1. The minimum absolute atomic E-state index is 0.114. The van der Waals surface area contributed by atoms with E-state index in [1.807, 2.05) is 4.98 Å². The number of aromatic nitrogens is 2. The number of nitrogens with zero attached hydrogens (tertiary/aromatic N) is 1. The van der Waals surface area contributed by atoms with Gasteiger partial charge in [-0.25, -0.2) is 9.36 Å². The first kappa shape index (κ1) is 31.2. The molecule has 0 radical (unpaired) electrons. The highest BCUT2D eigenvalue weighted by atomic mass is 35.5. The van der Waals surface area contributed by atoms with Crippen molar-refractivity contribution in [3.8, 4) is 5.75 Å². The van der Waals surface area contributed by atoms with Crippen LogP contribution in [0, 0.1) is 0 Å². The molecule has 44 heavy (non-hydrogen) atoms. The number of ketones is 2. The van der Waals surface area contributed by atoms with Crippen LogP contribution in [0.15, 0.2) is 107 Å². The maximum atomic E-state index is 14.1. The molecule has 15 heteroatoms. The largest absolute Gasteiger partial charge is 0.527 e. The highest BCUT2D eigenvalue weighted by molar-refractivity contribution is 7.47. The molecular weight excluding hydrogens is 619 g/mol. The van der Waals surface area contributed by atoms with Gasteiger partial charge in [-0.3, -0.25) is 33.4 Å². The van der Waals surface area contributed by atoms with Gasteiger partial charge >= 0.3 is 13.5 Å². The third-order valence-electron chi connectivity index (χ3n) is 6.99. The van der Waals surface area contributed by atoms with E-state index in [0.29, 0.717) is 9.59 Å². The normalized spacial score (nSPS) is 24.4. The molecule has 1 aliphatic heterocycles. The summed E-state index contributed by atoms with van der Waals surface area (Å²) < 4.78 is 29.4. The summed E-state index contributed by atoms with van der Waals surface area (Å²) in [5.41, 5.74) is -8.85. The van der Waals surface area contributed by atoms with Crippen molar-refractivity contribution in [1.82, 2.24) is 9.55 Å². The maximum absolute atomic E-state index is 14.1. The molecule has 228 valence electrons. The lowest BCUT2D eigenvalue weighted by atomic mass is 9.71. The van der Waals surface area contributed by atoms with Gasteiger partial charge in [-0.05, 0) is 24.3 Å². The molecular formula is C29H24ClN2O11P. The van der Waals surface area contributed by atoms with Crippen molar-refractivity contribution < 1.29 is 43.0 Å². The minimum atomic E-state index is -5.00. The number of halogens is 1. The van der Waals surface area contributed by atoms with Crippen molar-refractivity contribution in [3.05, 3.63) is 134 Å². The fourth-order valence-electron chi connectivity index (χ4n) is 4.87. The van der Waals surface area contributed by atoms with Gasteiger partial charge in [0.2, 0.25) is 17.2 Å². The summed E-state index contributed by atoms with van der Waals surface area (Å²) in [4.78, 5) is 65.2. The summed E-state index contributed by atoms with van der Waals surface area (Å²) in [6.45, 7) is -1.10. The Morgan fingerprint density at radius 3 is 1.98 bits per heavy atom.